The maximum absolute atomic E-state index is 7.12. The van der Waals surface area contributed by atoms with Crippen LogP contribution in [0.3, 0.4) is 0 Å². The van der Waals surface area contributed by atoms with Crippen LogP contribution in [-0.2, 0) is 0 Å². The van der Waals surface area contributed by atoms with Gasteiger partial charge in [-0.2, -0.15) is 0 Å². The van der Waals surface area contributed by atoms with Crippen molar-refractivity contribution in [1.82, 2.24) is 0 Å². The smallest absolute Gasteiger partial charge is 0.0302 e. The van der Waals surface area contributed by atoms with Crippen molar-refractivity contribution >= 4 is 12.4 Å². The summed E-state index contributed by atoms with van der Waals surface area (Å²) in [5.74, 6) is 0. The van der Waals surface area contributed by atoms with Crippen LogP contribution in [0.5, 0.6) is 0 Å². The molecule has 0 spiro atoms. The minimum absolute atomic E-state index is 0.769. The van der Waals surface area contributed by atoms with E-state index in [2.05, 4.69) is 11.6 Å². The second-order valence-electron chi connectivity index (χ2n) is 2.15. The predicted molar refractivity (Wildman–Crippen MR) is 66.6 cm³/mol. The number of allylic oxidation sites excluding steroid dienone is 5. The number of hydrogen-bond acceptors (Lipinski definition) is 2. The highest BCUT2D eigenvalue weighted by Crippen LogP contribution is 2.03. The molecule has 2 heteroatoms. The van der Waals surface area contributed by atoms with E-state index >= 15 is 0 Å². The van der Waals surface area contributed by atoms with Gasteiger partial charge in [-0.15, -0.1) is 0 Å². The lowest BCUT2D eigenvalue weighted by Gasteiger charge is -1.96. The molecule has 0 saturated heterocycles. The second kappa shape index (κ2) is 11.6. The first-order valence-corrected chi connectivity index (χ1v) is 4.72. The van der Waals surface area contributed by atoms with Gasteiger partial charge in [0, 0.05) is 25.0 Å². The Labute approximate surface area is 87.3 Å². The number of nitrogens with one attached hydrogen (secondary N) is 1. The average molecular weight is 192 g/mol. The molecule has 0 saturated carbocycles. The molecule has 0 aromatic heterocycles. The van der Waals surface area contributed by atoms with Gasteiger partial charge in [0.2, 0.25) is 0 Å². The predicted octanol–water partition coefficient (Wildman–Crippen LogP) is 3.42. The van der Waals surface area contributed by atoms with Gasteiger partial charge in [-0.05, 0) is 12.5 Å². The van der Waals surface area contributed by atoms with Crippen LogP contribution in [0.2, 0.25) is 0 Å². The first-order chi connectivity index (χ1) is 6.79. The first-order valence-electron chi connectivity index (χ1n) is 4.72. The van der Waals surface area contributed by atoms with E-state index in [0.29, 0.717) is 0 Å². The lowest BCUT2D eigenvalue weighted by molar-refractivity contribution is 1.46. The Morgan fingerprint density at radius 1 is 1.29 bits per heavy atom. The molecule has 78 valence electrons. The quantitative estimate of drug-likeness (QED) is 0.523. The molecule has 0 radical (unpaired) electrons. The molecule has 0 unspecified atom stereocenters. The van der Waals surface area contributed by atoms with Gasteiger partial charge in [-0.1, -0.05) is 38.7 Å². The van der Waals surface area contributed by atoms with Gasteiger partial charge in [0.15, 0.2) is 0 Å². The summed E-state index contributed by atoms with van der Waals surface area (Å²) in [6, 6.07) is 0. The van der Waals surface area contributed by atoms with Crippen LogP contribution >= 0.6 is 0 Å². The zero-order valence-corrected chi connectivity index (χ0v) is 9.54. The third-order valence-corrected chi connectivity index (χ3v) is 1.32. The standard InChI is InChI=1S/C10H14N2.C2H6/c1-4-6-9(5-2)10(7-11)8-12-3;1-2/h4-8,11H,2H2,1,3H3;1-2H3/b6-4-,10-9-,11-7?,12-8?;. The molecule has 0 bridgehead atoms. The maximum atomic E-state index is 7.12. The van der Waals surface area contributed by atoms with E-state index in [0.717, 1.165) is 11.1 Å². The molecule has 0 aromatic carbocycles. The molecule has 0 amide bonds. The highest BCUT2D eigenvalue weighted by atomic mass is 14.6. The molecule has 0 aliphatic heterocycles. The van der Waals surface area contributed by atoms with Crippen molar-refractivity contribution < 1.29 is 0 Å². The molecule has 14 heavy (non-hydrogen) atoms. The number of rotatable bonds is 4. The van der Waals surface area contributed by atoms with E-state index in [1.54, 1.807) is 19.3 Å². The van der Waals surface area contributed by atoms with Crippen molar-refractivity contribution in [3.63, 3.8) is 0 Å². The van der Waals surface area contributed by atoms with Gasteiger partial charge in [-0.25, -0.2) is 0 Å². The minimum Gasteiger partial charge on any atom is -0.308 e. The summed E-state index contributed by atoms with van der Waals surface area (Å²) in [5.41, 5.74) is 1.68. The molecule has 0 atom stereocenters. The normalized spacial score (nSPS) is 12.0. The van der Waals surface area contributed by atoms with Gasteiger partial charge in [0.25, 0.3) is 0 Å². The third-order valence-electron chi connectivity index (χ3n) is 1.32. The third kappa shape index (κ3) is 6.12. The van der Waals surface area contributed by atoms with Crippen molar-refractivity contribution in [2.75, 3.05) is 7.05 Å². The molecular formula is C12H20N2. The maximum Gasteiger partial charge on any atom is 0.0302 e. The molecule has 0 heterocycles. The Bertz CT molecular complexity index is 219. The minimum atomic E-state index is 0.769. The number of aliphatic imine (C=N–C) groups is 1. The van der Waals surface area contributed by atoms with Crippen molar-refractivity contribution in [2.45, 2.75) is 20.8 Å². The number of hydrogen-bond donors (Lipinski definition) is 1. The Kier molecular flexibility index (Phi) is 12.4. The topological polar surface area (TPSA) is 36.2 Å². The van der Waals surface area contributed by atoms with Gasteiger partial charge in [-0.3, -0.25) is 4.99 Å². The lowest BCUT2D eigenvalue weighted by atomic mass is 10.1. The van der Waals surface area contributed by atoms with E-state index in [1.807, 2.05) is 32.9 Å². The average Bonchev–Trinajstić information content (AvgIpc) is 2.26. The Hall–Kier alpha value is -1.44. The summed E-state index contributed by atoms with van der Waals surface area (Å²) in [6.07, 6.45) is 8.43. The van der Waals surface area contributed by atoms with E-state index in [-0.39, 0.29) is 0 Å². The molecule has 2 nitrogen and oxygen atoms in total. The van der Waals surface area contributed by atoms with Crippen LogP contribution < -0.4 is 0 Å². The van der Waals surface area contributed by atoms with Crippen molar-refractivity contribution in [1.29, 1.82) is 5.41 Å². The number of nitrogens with zero attached hydrogens (tertiary/aromatic N) is 1. The van der Waals surface area contributed by atoms with Crippen molar-refractivity contribution in [3.05, 3.63) is 36.0 Å². The Balaban J connectivity index is 0. The monoisotopic (exact) mass is 192 g/mol. The fraction of sp³-hybridized carbons (Fsp3) is 0.333. The SMILES string of the molecule is C=CC(/C=C\C)=C(\C=N)C=NC.CC. The molecule has 0 fully saturated rings. The van der Waals surface area contributed by atoms with Crippen molar-refractivity contribution in [3.8, 4) is 0 Å². The molecular weight excluding hydrogens is 172 g/mol. The zero-order valence-electron chi connectivity index (χ0n) is 9.54. The van der Waals surface area contributed by atoms with E-state index in [4.69, 9.17) is 5.41 Å². The second-order valence-corrected chi connectivity index (χ2v) is 2.15. The summed E-state index contributed by atoms with van der Waals surface area (Å²) >= 11 is 0. The van der Waals surface area contributed by atoms with E-state index in [1.165, 1.54) is 6.21 Å². The van der Waals surface area contributed by atoms with Crippen LogP contribution in [0, 0.1) is 5.41 Å². The lowest BCUT2D eigenvalue weighted by Crippen LogP contribution is -1.90. The Morgan fingerprint density at radius 3 is 2.14 bits per heavy atom. The highest BCUT2D eigenvalue weighted by molar-refractivity contribution is 6.04. The fourth-order valence-corrected chi connectivity index (χ4v) is 0.796. The van der Waals surface area contributed by atoms with Crippen LogP contribution in [0.25, 0.3) is 0 Å². The molecule has 0 aromatic rings. The van der Waals surface area contributed by atoms with Crippen LogP contribution in [0.1, 0.15) is 20.8 Å². The summed E-state index contributed by atoms with van der Waals surface area (Å²) in [7, 11) is 1.68. The summed E-state index contributed by atoms with van der Waals surface area (Å²) in [5, 5.41) is 7.12. The summed E-state index contributed by atoms with van der Waals surface area (Å²) in [6.45, 7) is 9.58. The highest BCUT2D eigenvalue weighted by Gasteiger charge is 1.92. The van der Waals surface area contributed by atoms with Gasteiger partial charge in [0.1, 0.15) is 0 Å². The van der Waals surface area contributed by atoms with Crippen LogP contribution in [0.4, 0.5) is 0 Å². The first kappa shape index (κ1) is 15.1. The molecule has 0 rings (SSSR count). The van der Waals surface area contributed by atoms with Crippen molar-refractivity contribution in [2.24, 2.45) is 4.99 Å². The van der Waals surface area contributed by atoms with Gasteiger partial charge in [0.05, 0.1) is 0 Å². The molecule has 0 aliphatic carbocycles. The fourth-order valence-electron chi connectivity index (χ4n) is 0.796. The van der Waals surface area contributed by atoms with E-state index < -0.39 is 0 Å². The zero-order chi connectivity index (χ0) is 11.4. The van der Waals surface area contributed by atoms with Crippen LogP contribution in [-0.4, -0.2) is 19.5 Å². The van der Waals surface area contributed by atoms with Crippen LogP contribution in [0.15, 0.2) is 40.9 Å². The van der Waals surface area contributed by atoms with Gasteiger partial charge >= 0.3 is 0 Å². The van der Waals surface area contributed by atoms with E-state index in [9.17, 15) is 0 Å². The summed E-state index contributed by atoms with van der Waals surface area (Å²) in [4.78, 5) is 3.84. The van der Waals surface area contributed by atoms with Gasteiger partial charge < -0.3 is 5.41 Å². The molecule has 0 aliphatic rings. The Morgan fingerprint density at radius 2 is 1.86 bits per heavy atom. The largest absolute Gasteiger partial charge is 0.308 e. The molecule has 1 N–H and O–H groups in total. The summed E-state index contributed by atoms with van der Waals surface area (Å²) < 4.78 is 0.